The summed E-state index contributed by atoms with van der Waals surface area (Å²) in [5.74, 6) is -1.42. The van der Waals surface area contributed by atoms with Crippen molar-refractivity contribution in [3.05, 3.63) is 107 Å². The van der Waals surface area contributed by atoms with Gasteiger partial charge in [0.25, 0.3) is 0 Å². The molecule has 11 nitrogen and oxygen atoms in total. The van der Waals surface area contributed by atoms with Gasteiger partial charge in [-0.25, -0.2) is 9.59 Å². The first-order valence-corrected chi connectivity index (χ1v) is 14.0. The summed E-state index contributed by atoms with van der Waals surface area (Å²) in [6, 6.07) is 21.1. The van der Waals surface area contributed by atoms with Crippen molar-refractivity contribution in [2.75, 3.05) is 27.4 Å². The van der Waals surface area contributed by atoms with Crippen molar-refractivity contribution in [2.45, 2.75) is 12.2 Å². The fourth-order valence-electron chi connectivity index (χ4n) is 5.33. The van der Waals surface area contributed by atoms with Gasteiger partial charge in [0.15, 0.2) is 23.0 Å². The molecule has 0 bridgehead atoms. The summed E-state index contributed by atoms with van der Waals surface area (Å²) in [6.07, 6.45) is -1.32. The van der Waals surface area contributed by atoms with Crippen LogP contribution in [0.1, 0.15) is 44.1 Å². The van der Waals surface area contributed by atoms with Gasteiger partial charge < -0.3 is 44.1 Å². The molecule has 0 aliphatic carbocycles. The molecule has 0 aromatic heterocycles. The number of hydrogen-bond donors (Lipinski definition) is 4. The van der Waals surface area contributed by atoms with E-state index in [0.29, 0.717) is 11.1 Å². The highest BCUT2D eigenvalue weighted by Crippen LogP contribution is 2.51. The first-order chi connectivity index (χ1) is 21.8. The minimum atomic E-state index is -0.661. The van der Waals surface area contributed by atoms with E-state index in [-0.39, 0.29) is 58.8 Å². The molecule has 1 aliphatic rings. The Morgan fingerprint density at radius 1 is 0.600 bits per heavy atom. The van der Waals surface area contributed by atoms with Crippen LogP contribution in [-0.2, 0) is 4.74 Å². The lowest BCUT2D eigenvalue weighted by atomic mass is 9.83. The van der Waals surface area contributed by atoms with E-state index in [1.165, 1.54) is 62.8 Å². The van der Waals surface area contributed by atoms with Gasteiger partial charge in [-0.05, 0) is 83.9 Å². The molecule has 4 aromatic carbocycles. The molecular weight excluding hydrogens is 584 g/mol. The molecule has 4 atom stereocenters. The van der Waals surface area contributed by atoms with Crippen LogP contribution in [0.15, 0.2) is 84.9 Å². The van der Waals surface area contributed by atoms with Gasteiger partial charge >= 0.3 is 11.9 Å². The first kappa shape index (κ1) is 31.3. The fourth-order valence-corrected chi connectivity index (χ4v) is 5.33. The van der Waals surface area contributed by atoms with Crippen LogP contribution >= 0.6 is 0 Å². The zero-order chi connectivity index (χ0) is 32.1. The maximum Gasteiger partial charge on any atom is 0.343 e. The number of hydrogen-bond acceptors (Lipinski definition) is 11. The molecule has 11 heteroatoms. The van der Waals surface area contributed by atoms with Gasteiger partial charge in [0, 0.05) is 25.0 Å². The number of methoxy groups -OCH3 is 2. The lowest BCUT2D eigenvalue weighted by Gasteiger charge is -2.21. The Kier molecular flexibility index (Phi) is 9.53. The average molecular weight is 617 g/mol. The summed E-state index contributed by atoms with van der Waals surface area (Å²) in [6.45, 7) is -0.572. The standard InChI is InChI=1S/C34H32O11/c1-41-29-15-21(7-13-27(29)43-33(39)19-3-9-23(37)10-4-19)31-25(17-35)26(18-36)32(45-31)22-8-14-28(30(16-22)42-2)44-34(40)20-5-11-24(38)12-6-20/h3-16,25-26,31-32,35-38H,17-18H2,1-2H3. The smallest absolute Gasteiger partial charge is 0.343 e. The second-order valence-electron chi connectivity index (χ2n) is 10.4. The number of ether oxygens (including phenoxy) is 5. The predicted octanol–water partition coefficient (Wildman–Crippen LogP) is 4.58. The highest BCUT2D eigenvalue weighted by molar-refractivity contribution is 5.92. The van der Waals surface area contributed by atoms with Crippen LogP contribution in [0.2, 0.25) is 0 Å². The molecule has 0 saturated carbocycles. The summed E-state index contributed by atoms with van der Waals surface area (Å²) >= 11 is 0. The van der Waals surface area contributed by atoms with Crippen LogP contribution in [0.4, 0.5) is 0 Å². The van der Waals surface area contributed by atoms with E-state index in [1.807, 2.05) is 0 Å². The number of aromatic hydroxyl groups is 2. The molecule has 4 N–H and O–H groups in total. The Labute approximate surface area is 258 Å². The normalized spacial score (nSPS) is 19.1. The maximum atomic E-state index is 12.6. The zero-order valence-electron chi connectivity index (χ0n) is 24.5. The van der Waals surface area contributed by atoms with Crippen molar-refractivity contribution in [1.82, 2.24) is 0 Å². The molecule has 0 amide bonds. The van der Waals surface area contributed by atoms with E-state index in [0.717, 1.165) is 0 Å². The summed E-state index contributed by atoms with van der Waals surface area (Å²) < 4.78 is 28.5. The van der Waals surface area contributed by atoms with Crippen LogP contribution in [0.3, 0.4) is 0 Å². The number of carbonyl (C=O) groups is 2. The molecule has 4 unspecified atom stereocenters. The van der Waals surface area contributed by atoms with Gasteiger partial charge in [-0.15, -0.1) is 0 Å². The lowest BCUT2D eigenvalue weighted by molar-refractivity contribution is 0.0183. The van der Waals surface area contributed by atoms with E-state index in [9.17, 15) is 30.0 Å². The van der Waals surface area contributed by atoms with Crippen LogP contribution < -0.4 is 18.9 Å². The molecule has 1 fully saturated rings. The topological polar surface area (TPSA) is 161 Å². The third-order valence-corrected chi connectivity index (χ3v) is 7.69. The summed E-state index contributed by atoms with van der Waals surface area (Å²) in [5.41, 5.74) is 1.73. The van der Waals surface area contributed by atoms with Crippen molar-refractivity contribution in [2.24, 2.45) is 11.8 Å². The van der Waals surface area contributed by atoms with Crippen LogP contribution in [-0.4, -0.2) is 59.8 Å². The SMILES string of the molecule is COc1cc(C2OC(c3ccc(OC(=O)c4ccc(O)cc4)c(OC)c3)C(CO)C2CO)ccc1OC(=O)c1ccc(O)cc1. The van der Waals surface area contributed by atoms with Crippen molar-refractivity contribution in [3.63, 3.8) is 0 Å². The maximum absolute atomic E-state index is 12.6. The molecule has 1 aliphatic heterocycles. The van der Waals surface area contributed by atoms with E-state index in [2.05, 4.69) is 0 Å². The van der Waals surface area contributed by atoms with Gasteiger partial charge in [-0.1, -0.05) is 12.1 Å². The van der Waals surface area contributed by atoms with Crippen LogP contribution in [0, 0.1) is 11.8 Å². The van der Waals surface area contributed by atoms with Crippen molar-refractivity contribution < 1.29 is 53.7 Å². The van der Waals surface area contributed by atoms with Gasteiger partial charge in [0.1, 0.15) is 11.5 Å². The van der Waals surface area contributed by atoms with Crippen molar-refractivity contribution in [3.8, 4) is 34.5 Å². The number of carbonyl (C=O) groups excluding carboxylic acids is 2. The summed E-state index contributed by atoms with van der Waals surface area (Å²) in [4.78, 5) is 25.3. The van der Waals surface area contributed by atoms with Gasteiger partial charge in [-0.2, -0.15) is 0 Å². The number of phenols is 2. The third-order valence-electron chi connectivity index (χ3n) is 7.69. The lowest BCUT2D eigenvalue weighted by Crippen LogP contribution is -2.23. The van der Waals surface area contributed by atoms with E-state index >= 15 is 0 Å². The largest absolute Gasteiger partial charge is 0.508 e. The summed E-state index contributed by atoms with van der Waals surface area (Å²) in [5, 5.41) is 39.7. The quantitative estimate of drug-likeness (QED) is 0.146. The minimum Gasteiger partial charge on any atom is -0.508 e. The Balaban J connectivity index is 1.37. The number of phenolic OH excluding ortho intramolecular Hbond substituents is 2. The molecular formula is C34H32O11. The molecule has 45 heavy (non-hydrogen) atoms. The molecule has 234 valence electrons. The molecule has 1 saturated heterocycles. The molecule has 4 aromatic rings. The fraction of sp³-hybridized carbons (Fsp3) is 0.235. The van der Waals surface area contributed by atoms with E-state index in [1.54, 1.807) is 36.4 Å². The Bertz CT molecular complexity index is 1530. The van der Waals surface area contributed by atoms with Crippen LogP contribution in [0.25, 0.3) is 0 Å². The Morgan fingerprint density at radius 3 is 1.31 bits per heavy atom. The predicted molar refractivity (Wildman–Crippen MR) is 160 cm³/mol. The van der Waals surface area contributed by atoms with Crippen molar-refractivity contribution in [1.29, 1.82) is 0 Å². The Hall–Kier alpha value is -5.10. The highest BCUT2D eigenvalue weighted by Gasteiger charge is 2.45. The monoisotopic (exact) mass is 616 g/mol. The van der Waals surface area contributed by atoms with Gasteiger partial charge in [-0.3, -0.25) is 0 Å². The minimum absolute atomic E-state index is 0.0198. The van der Waals surface area contributed by atoms with E-state index < -0.39 is 36.0 Å². The van der Waals surface area contributed by atoms with Crippen molar-refractivity contribution >= 4 is 11.9 Å². The molecule has 0 radical (unpaired) electrons. The zero-order valence-corrected chi connectivity index (χ0v) is 24.5. The second-order valence-corrected chi connectivity index (χ2v) is 10.4. The second kappa shape index (κ2) is 13.7. The highest BCUT2D eigenvalue weighted by atomic mass is 16.6. The average Bonchev–Trinajstić information content (AvgIpc) is 3.44. The number of benzene rings is 4. The first-order valence-electron chi connectivity index (χ1n) is 14.0. The van der Waals surface area contributed by atoms with Gasteiger partial charge in [0.05, 0.1) is 37.6 Å². The summed E-state index contributed by atoms with van der Waals surface area (Å²) in [7, 11) is 2.86. The van der Waals surface area contributed by atoms with Gasteiger partial charge in [0.2, 0.25) is 0 Å². The van der Waals surface area contributed by atoms with Crippen LogP contribution in [0.5, 0.6) is 34.5 Å². The molecule has 0 spiro atoms. The number of rotatable bonds is 10. The number of aliphatic hydroxyl groups excluding tert-OH is 2. The molecule has 5 rings (SSSR count). The number of aliphatic hydroxyl groups is 2. The molecule has 1 heterocycles. The van der Waals surface area contributed by atoms with E-state index in [4.69, 9.17) is 23.7 Å². The number of esters is 2. The third kappa shape index (κ3) is 6.70. The Morgan fingerprint density at radius 2 is 0.978 bits per heavy atom.